The average molecular weight is 262 g/mol. The Morgan fingerprint density at radius 2 is 2.11 bits per heavy atom. The molecule has 2 heterocycles. The highest BCUT2D eigenvalue weighted by molar-refractivity contribution is 7.08. The predicted octanol–water partition coefficient (Wildman–Crippen LogP) is 2.40. The van der Waals surface area contributed by atoms with Crippen molar-refractivity contribution in [2.45, 2.75) is 6.92 Å². The van der Waals surface area contributed by atoms with Gasteiger partial charge in [0.1, 0.15) is 5.82 Å². The van der Waals surface area contributed by atoms with Crippen LogP contribution in [-0.2, 0) is 0 Å². The van der Waals surface area contributed by atoms with E-state index in [-0.39, 0.29) is 11.5 Å². The van der Waals surface area contributed by atoms with Gasteiger partial charge in [-0.1, -0.05) is 0 Å². The van der Waals surface area contributed by atoms with E-state index in [9.17, 15) is 9.59 Å². The summed E-state index contributed by atoms with van der Waals surface area (Å²) >= 11 is 1.45. The molecule has 0 radical (unpaired) electrons. The molecule has 2 N–H and O–H groups in total. The van der Waals surface area contributed by atoms with Gasteiger partial charge in [-0.2, -0.15) is 11.3 Å². The van der Waals surface area contributed by atoms with Crippen LogP contribution in [0.4, 0.5) is 5.82 Å². The van der Waals surface area contributed by atoms with Crippen LogP contribution in [-0.4, -0.2) is 22.0 Å². The van der Waals surface area contributed by atoms with E-state index in [1.165, 1.54) is 29.7 Å². The van der Waals surface area contributed by atoms with Crippen molar-refractivity contribution >= 4 is 29.0 Å². The van der Waals surface area contributed by atoms with Gasteiger partial charge in [-0.3, -0.25) is 4.79 Å². The Hall–Kier alpha value is -2.21. The first-order valence-electron chi connectivity index (χ1n) is 5.11. The van der Waals surface area contributed by atoms with Crippen LogP contribution in [0.15, 0.2) is 29.1 Å². The van der Waals surface area contributed by atoms with Crippen molar-refractivity contribution in [3.63, 3.8) is 0 Å². The molecule has 0 fully saturated rings. The van der Waals surface area contributed by atoms with Crippen LogP contribution in [0.5, 0.6) is 0 Å². The normalized spacial score (nSPS) is 10.1. The number of nitrogens with one attached hydrogen (secondary N) is 1. The zero-order valence-electron chi connectivity index (χ0n) is 9.51. The smallest absolute Gasteiger partial charge is 0.337 e. The number of pyridine rings is 1. The van der Waals surface area contributed by atoms with Gasteiger partial charge in [-0.25, -0.2) is 9.78 Å². The van der Waals surface area contributed by atoms with E-state index in [1.54, 1.807) is 5.38 Å². The third kappa shape index (κ3) is 2.54. The van der Waals surface area contributed by atoms with Crippen molar-refractivity contribution < 1.29 is 14.7 Å². The molecule has 0 aromatic carbocycles. The molecule has 0 aliphatic heterocycles. The number of thiophene rings is 1. The number of carboxylic acids is 1. The number of rotatable bonds is 3. The lowest BCUT2D eigenvalue weighted by atomic mass is 10.2. The summed E-state index contributed by atoms with van der Waals surface area (Å²) in [5, 5.41) is 15.0. The molecule has 0 saturated heterocycles. The summed E-state index contributed by atoms with van der Waals surface area (Å²) in [6.07, 6.45) is 1.21. The average Bonchev–Trinajstić information content (AvgIpc) is 2.76. The fraction of sp³-hybridized carbons (Fsp3) is 0.0833. The van der Waals surface area contributed by atoms with E-state index in [1.807, 2.05) is 12.3 Å². The molecule has 0 aliphatic rings. The quantitative estimate of drug-likeness (QED) is 0.890. The van der Waals surface area contributed by atoms with E-state index in [2.05, 4.69) is 10.3 Å². The van der Waals surface area contributed by atoms with Crippen molar-refractivity contribution in [2.75, 3.05) is 5.32 Å². The summed E-state index contributed by atoms with van der Waals surface area (Å²) in [7, 11) is 0. The zero-order chi connectivity index (χ0) is 13.1. The zero-order valence-corrected chi connectivity index (χ0v) is 10.3. The van der Waals surface area contributed by atoms with Gasteiger partial charge < -0.3 is 10.4 Å². The molecule has 0 spiro atoms. The Morgan fingerprint density at radius 3 is 2.61 bits per heavy atom. The molecule has 0 unspecified atom stereocenters. The molecule has 0 aliphatic carbocycles. The number of carbonyl (C=O) groups excluding carboxylic acids is 1. The standard InChI is InChI=1S/C12H10N2O3S/c1-7-5-18-6-9(7)11(15)14-10-3-2-8(4-13-10)12(16)17/h2-6H,1H3,(H,16,17)(H,13,14,15). The molecule has 1 amide bonds. The lowest BCUT2D eigenvalue weighted by Gasteiger charge is -2.04. The van der Waals surface area contributed by atoms with Crippen molar-refractivity contribution in [2.24, 2.45) is 0 Å². The molecule has 6 heteroatoms. The molecule has 5 nitrogen and oxygen atoms in total. The minimum absolute atomic E-state index is 0.0831. The van der Waals surface area contributed by atoms with Gasteiger partial charge in [0.2, 0.25) is 0 Å². The Kier molecular flexibility index (Phi) is 3.38. The van der Waals surface area contributed by atoms with E-state index < -0.39 is 5.97 Å². The van der Waals surface area contributed by atoms with Crippen LogP contribution < -0.4 is 5.32 Å². The van der Waals surface area contributed by atoms with Crippen molar-refractivity contribution in [3.05, 3.63) is 45.8 Å². The third-order valence-electron chi connectivity index (χ3n) is 2.35. The molecule has 0 bridgehead atoms. The fourth-order valence-corrected chi connectivity index (χ4v) is 2.20. The summed E-state index contributed by atoms with van der Waals surface area (Å²) in [5.41, 5.74) is 1.59. The van der Waals surface area contributed by atoms with Gasteiger partial charge in [0, 0.05) is 11.6 Å². The third-order valence-corrected chi connectivity index (χ3v) is 3.21. The summed E-state index contributed by atoms with van der Waals surface area (Å²) in [4.78, 5) is 26.4. The Labute approximate surface area is 107 Å². The van der Waals surface area contributed by atoms with Gasteiger partial charge in [-0.05, 0) is 30.0 Å². The molecule has 92 valence electrons. The van der Waals surface area contributed by atoms with Crippen molar-refractivity contribution in [3.8, 4) is 0 Å². The molecule has 18 heavy (non-hydrogen) atoms. The number of aromatic carboxylic acids is 1. The van der Waals surface area contributed by atoms with Crippen LogP contribution in [0.3, 0.4) is 0 Å². The number of carbonyl (C=O) groups is 2. The number of aromatic nitrogens is 1. The highest BCUT2D eigenvalue weighted by Crippen LogP contribution is 2.15. The highest BCUT2D eigenvalue weighted by atomic mass is 32.1. The summed E-state index contributed by atoms with van der Waals surface area (Å²) in [6.45, 7) is 1.85. The first-order chi connectivity index (χ1) is 8.58. The summed E-state index contributed by atoms with van der Waals surface area (Å²) in [6, 6.07) is 2.86. The molecule has 0 saturated carbocycles. The van der Waals surface area contributed by atoms with Crippen LogP contribution in [0.25, 0.3) is 0 Å². The van der Waals surface area contributed by atoms with Crippen molar-refractivity contribution in [1.29, 1.82) is 0 Å². The van der Waals surface area contributed by atoms with Crippen LogP contribution in [0.1, 0.15) is 26.3 Å². The Balaban J connectivity index is 2.13. The lowest BCUT2D eigenvalue weighted by Crippen LogP contribution is -2.13. The maximum atomic E-state index is 11.9. The molecule has 0 atom stereocenters. The molecule has 2 aromatic rings. The van der Waals surface area contributed by atoms with E-state index in [4.69, 9.17) is 5.11 Å². The molecule has 2 aromatic heterocycles. The number of hydrogen-bond donors (Lipinski definition) is 2. The minimum atomic E-state index is -1.05. The van der Waals surface area contributed by atoms with Gasteiger partial charge in [0.15, 0.2) is 0 Å². The maximum absolute atomic E-state index is 11.9. The number of amides is 1. The highest BCUT2D eigenvalue weighted by Gasteiger charge is 2.11. The fourth-order valence-electron chi connectivity index (χ4n) is 1.37. The molecule has 2 rings (SSSR count). The summed E-state index contributed by atoms with van der Waals surface area (Å²) < 4.78 is 0. The van der Waals surface area contributed by atoms with Crippen LogP contribution in [0, 0.1) is 6.92 Å². The number of aryl methyl sites for hydroxylation is 1. The lowest BCUT2D eigenvalue weighted by molar-refractivity contribution is 0.0696. The topological polar surface area (TPSA) is 79.3 Å². The minimum Gasteiger partial charge on any atom is -0.478 e. The second kappa shape index (κ2) is 4.97. The van der Waals surface area contributed by atoms with Gasteiger partial charge >= 0.3 is 5.97 Å². The Morgan fingerprint density at radius 1 is 1.33 bits per heavy atom. The number of anilines is 1. The van der Waals surface area contributed by atoms with E-state index in [0.29, 0.717) is 11.4 Å². The van der Waals surface area contributed by atoms with Crippen LogP contribution in [0.2, 0.25) is 0 Å². The first-order valence-corrected chi connectivity index (χ1v) is 6.05. The second-order valence-corrected chi connectivity index (χ2v) is 4.40. The first kappa shape index (κ1) is 12.3. The predicted molar refractivity (Wildman–Crippen MR) is 68.2 cm³/mol. The SMILES string of the molecule is Cc1cscc1C(=O)Nc1ccc(C(=O)O)cn1. The number of hydrogen-bond acceptors (Lipinski definition) is 4. The van der Waals surface area contributed by atoms with E-state index in [0.717, 1.165) is 5.56 Å². The van der Waals surface area contributed by atoms with Crippen molar-refractivity contribution in [1.82, 2.24) is 4.98 Å². The monoisotopic (exact) mass is 262 g/mol. The largest absolute Gasteiger partial charge is 0.478 e. The van der Waals surface area contributed by atoms with Gasteiger partial charge in [0.25, 0.3) is 5.91 Å². The number of carboxylic acid groups (broad SMARTS) is 1. The van der Waals surface area contributed by atoms with Crippen LogP contribution >= 0.6 is 11.3 Å². The van der Waals surface area contributed by atoms with E-state index >= 15 is 0 Å². The second-order valence-electron chi connectivity index (χ2n) is 3.66. The van der Waals surface area contributed by atoms with Gasteiger partial charge in [0.05, 0.1) is 11.1 Å². The molecular weight excluding hydrogens is 252 g/mol. The molecular formula is C12H10N2O3S. The van der Waals surface area contributed by atoms with Gasteiger partial charge in [-0.15, -0.1) is 0 Å². The number of nitrogens with zero attached hydrogens (tertiary/aromatic N) is 1. The maximum Gasteiger partial charge on any atom is 0.337 e. The Bertz CT molecular complexity index is 590. The summed E-state index contributed by atoms with van der Waals surface area (Å²) in [5.74, 6) is -0.964.